The minimum absolute atomic E-state index is 0.491. The highest BCUT2D eigenvalue weighted by Gasteiger charge is 2.51. The number of fused-ring (bicyclic) bond motifs is 1. The summed E-state index contributed by atoms with van der Waals surface area (Å²) in [5.74, 6) is 2.59. The fourth-order valence-electron chi connectivity index (χ4n) is 4.09. The molecule has 2 aromatic rings. The zero-order chi connectivity index (χ0) is 15.1. The quantitative estimate of drug-likeness (QED) is 0.665. The Balaban J connectivity index is 1.74. The molecular weight excluding hydrogens is 264 g/mol. The molecule has 2 aliphatic carbocycles. The Labute approximate surface area is 133 Å². The summed E-state index contributed by atoms with van der Waals surface area (Å²) in [5.41, 5.74) is 5.90. The van der Waals surface area contributed by atoms with Crippen LogP contribution in [0, 0.1) is 23.7 Å². The second-order valence-corrected chi connectivity index (χ2v) is 6.75. The summed E-state index contributed by atoms with van der Waals surface area (Å²) in [6.07, 6.45) is 4.96. The first-order valence-corrected chi connectivity index (χ1v) is 8.30. The van der Waals surface area contributed by atoms with E-state index < -0.39 is 0 Å². The van der Waals surface area contributed by atoms with Crippen molar-refractivity contribution in [2.75, 3.05) is 0 Å². The molecule has 1 fully saturated rings. The van der Waals surface area contributed by atoms with Crippen molar-refractivity contribution in [1.29, 1.82) is 0 Å². The summed E-state index contributed by atoms with van der Waals surface area (Å²) in [6, 6.07) is 21.8. The first-order chi connectivity index (χ1) is 10.8. The van der Waals surface area contributed by atoms with Crippen LogP contribution in [0.1, 0.15) is 25.0 Å². The van der Waals surface area contributed by atoms with Crippen molar-refractivity contribution >= 4 is 11.1 Å². The Morgan fingerprint density at radius 3 is 1.41 bits per heavy atom. The van der Waals surface area contributed by atoms with Crippen molar-refractivity contribution < 1.29 is 0 Å². The van der Waals surface area contributed by atoms with E-state index in [1.54, 1.807) is 11.1 Å². The Kier molecular flexibility index (Phi) is 3.26. The van der Waals surface area contributed by atoms with E-state index in [2.05, 4.69) is 86.7 Å². The van der Waals surface area contributed by atoms with Gasteiger partial charge in [0.05, 0.1) is 0 Å². The highest BCUT2D eigenvalue weighted by atomic mass is 14.5. The van der Waals surface area contributed by atoms with Gasteiger partial charge in [-0.15, -0.1) is 0 Å². The van der Waals surface area contributed by atoms with E-state index in [0.29, 0.717) is 17.8 Å². The van der Waals surface area contributed by atoms with E-state index in [4.69, 9.17) is 0 Å². The van der Waals surface area contributed by atoms with Gasteiger partial charge in [-0.2, -0.15) is 0 Å². The van der Waals surface area contributed by atoms with Gasteiger partial charge >= 0.3 is 0 Å². The number of hydrogen-bond donors (Lipinski definition) is 0. The lowest BCUT2D eigenvalue weighted by molar-refractivity contribution is 0.864. The van der Waals surface area contributed by atoms with Crippen molar-refractivity contribution in [3.8, 4) is 0 Å². The zero-order valence-electron chi connectivity index (χ0n) is 13.2. The van der Waals surface area contributed by atoms with Crippen LogP contribution >= 0.6 is 0 Å². The van der Waals surface area contributed by atoms with E-state index >= 15 is 0 Å². The van der Waals surface area contributed by atoms with E-state index in [1.807, 2.05) is 0 Å². The van der Waals surface area contributed by atoms with Crippen LogP contribution in [0.3, 0.4) is 0 Å². The number of benzene rings is 2. The summed E-state index contributed by atoms with van der Waals surface area (Å²) < 4.78 is 0. The fraction of sp³-hybridized carbons (Fsp3) is 0.273. The second kappa shape index (κ2) is 5.28. The molecule has 0 amide bonds. The third kappa shape index (κ3) is 2.23. The molecule has 0 saturated heterocycles. The van der Waals surface area contributed by atoms with Gasteiger partial charge < -0.3 is 0 Å². The Morgan fingerprint density at radius 2 is 1.00 bits per heavy atom. The van der Waals surface area contributed by atoms with Gasteiger partial charge in [0.15, 0.2) is 0 Å². The summed E-state index contributed by atoms with van der Waals surface area (Å²) in [6.45, 7) is 4.71. The Bertz CT molecular complexity index is 658. The smallest absolute Gasteiger partial charge is 0.00555 e. The highest BCUT2D eigenvalue weighted by molar-refractivity contribution is 5.81. The highest BCUT2D eigenvalue weighted by Crippen LogP contribution is 2.61. The van der Waals surface area contributed by atoms with Gasteiger partial charge in [0.2, 0.25) is 0 Å². The zero-order valence-corrected chi connectivity index (χ0v) is 13.2. The van der Waals surface area contributed by atoms with Gasteiger partial charge in [0.1, 0.15) is 0 Å². The van der Waals surface area contributed by atoms with Crippen molar-refractivity contribution in [2.24, 2.45) is 23.7 Å². The topological polar surface area (TPSA) is 0 Å². The molecule has 1 saturated carbocycles. The molecule has 0 aliphatic heterocycles. The molecule has 2 aliphatic rings. The van der Waals surface area contributed by atoms with Crippen molar-refractivity contribution in [3.63, 3.8) is 0 Å². The maximum atomic E-state index is 2.48. The molecule has 2 unspecified atom stereocenters. The third-order valence-corrected chi connectivity index (χ3v) is 5.20. The van der Waals surface area contributed by atoms with E-state index in [-0.39, 0.29) is 0 Å². The maximum Gasteiger partial charge on any atom is -0.00555 e. The molecule has 0 bridgehead atoms. The van der Waals surface area contributed by atoms with Gasteiger partial charge in [-0.05, 0) is 45.9 Å². The fourth-order valence-corrected chi connectivity index (χ4v) is 4.09. The Hall–Kier alpha value is -2.08. The first-order valence-electron chi connectivity index (χ1n) is 8.30. The molecule has 0 heterocycles. The predicted molar refractivity (Wildman–Crippen MR) is 94.1 cm³/mol. The summed E-state index contributed by atoms with van der Waals surface area (Å²) in [7, 11) is 0. The molecule has 22 heavy (non-hydrogen) atoms. The molecule has 0 radical (unpaired) electrons. The van der Waals surface area contributed by atoms with Crippen LogP contribution in [0.4, 0.5) is 0 Å². The number of rotatable bonds is 2. The van der Waals surface area contributed by atoms with E-state index in [9.17, 15) is 0 Å². The van der Waals surface area contributed by atoms with E-state index in [0.717, 1.165) is 5.92 Å². The predicted octanol–water partition coefficient (Wildman–Crippen LogP) is 5.69. The lowest BCUT2D eigenvalue weighted by Crippen LogP contribution is -1.92. The van der Waals surface area contributed by atoms with Crippen LogP contribution in [0.25, 0.3) is 11.1 Å². The summed E-state index contributed by atoms with van der Waals surface area (Å²) in [4.78, 5) is 0. The lowest BCUT2D eigenvalue weighted by Gasteiger charge is -2.09. The second-order valence-electron chi connectivity index (χ2n) is 6.75. The van der Waals surface area contributed by atoms with Gasteiger partial charge in [-0.3, -0.25) is 0 Å². The summed E-state index contributed by atoms with van der Waals surface area (Å²) in [5, 5.41) is 0. The van der Waals surface area contributed by atoms with Crippen LogP contribution in [0.5, 0.6) is 0 Å². The average Bonchev–Trinajstić information content (AvgIpc) is 3.25. The molecule has 0 N–H and O–H groups in total. The first kappa shape index (κ1) is 13.6. The number of allylic oxidation sites excluding steroid dienone is 4. The van der Waals surface area contributed by atoms with Crippen molar-refractivity contribution in [2.45, 2.75) is 13.8 Å². The molecule has 0 aromatic heterocycles. The molecule has 2 atom stereocenters. The van der Waals surface area contributed by atoms with Gasteiger partial charge in [0, 0.05) is 0 Å². The van der Waals surface area contributed by atoms with Gasteiger partial charge in [-0.1, -0.05) is 86.7 Å². The average molecular weight is 286 g/mol. The SMILES string of the molecule is CC1C=C(c2ccccc2)C2C(C)C2C(c2ccccc2)=C1. The Morgan fingerprint density at radius 1 is 0.591 bits per heavy atom. The normalized spacial score (nSPS) is 29.9. The molecule has 110 valence electrons. The third-order valence-electron chi connectivity index (χ3n) is 5.20. The molecular formula is C22H22. The van der Waals surface area contributed by atoms with Gasteiger partial charge in [0.25, 0.3) is 0 Å². The minimum Gasteiger partial charge on any atom is -0.0738 e. The molecule has 0 spiro atoms. The van der Waals surface area contributed by atoms with Crippen LogP contribution in [-0.4, -0.2) is 0 Å². The lowest BCUT2D eigenvalue weighted by atomic mass is 9.96. The summed E-state index contributed by atoms with van der Waals surface area (Å²) >= 11 is 0. The minimum atomic E-state index is 0.491. The number of hydrogen-bond acceptors (Lipinski definition) is 0. The molecule has 0 heteroatoms. The molecule has 4 rings (SSSR count). The van der Waals surface area contributed by atoms with Crippen molar-refractivity contribution in [1.82, 2.24) is 0 Å². The molecule has 0 nitrogen and oxygen atoms in total. The largest absolute Gasteiger partial charge is 0.0738 e. The van der Waals surface area contributed by atoms with Crippen LogP contribution in [0.2, 0.25) is 0 Å². The maximum absolute atomic E-state index is 2.48. The monoisotopic (exact) mass is 286 g/mol. The standard InChI is InChI=1S/C22H22/c1-15-13-19(17-9-5-3-6-10-17)21-16(2)22(21)20(14-15)18-11-7-4-8-12-18/h3-16,21-22H,1-2H3. The molecule has 2 aromatic carbocycles. The van der Waals surface area contributed by atoms with Gasteiger partial charge in [-0.25, -0.2) is 0 Å². The van der Waals surface area contributed by atoms with Crippen molar-refractivity contribution in [3.05, 3.63) is 83.9 Å². The van der Waals surface area contributed by atoms with Crippen LogP contribution in [-0.2, 0) is 0 Å². The van der Waals surface area contributed by atoms with Crippen LogP contribution < -0.4 is 0 Å². The van der Waals surface area contributed by atoms with Crippen LogP contribution in [0.15, 0.2) is 72.8 Å². The van der Waals surface area contributed by atoms with E-state index in [1.165, 1.54) is 11.1 Å².